The van der Waals surface area contributed by atoms with Crippen molar-refractivity contribution in [2.75, 3.05) is 7.11 Å². The van der Waals surface area contributed by atoms with Crippen molar-refractivity contribution in [3.63, 3.8) is 0 Å². The Morgan fingerprint density at radius 2 is 1.92 bits per heavy atom. The first-order chi connectivity index (χ1) is 11.6. The van der Waals surface area contributed by atoms with Crippen molar-refractivity contribution in [2.45, 2.75) is 32.6 Å². The number of ether oxygens (including phenoxy) is 1. The molecule has 3 aromatic heterocycles. The molecule has 0 radical (unpaired) electrons. The molecule has 0 bridgehead atoms. The van der Waals surface area contributed by atoms with Gasteiger partial charge in [-0.05, 0) is 29.5 Å². The number of methoxy groups -OCH3 is 1. The van der Waals surface area contributed by atoms with E-state index in [2.05, 4.69) is 28.8 Å². The van der Waals surface area contributed by atoms with Crippen LogP contribution in [-0.4, -0.2) is 27.3 Å². The Kier molecular flexibility index (Phi) is 4.55. The lowest BCUT2D eigenvalue weighted by atomic mass is 9.98. The standard InChI is InChI=1S/C18H21N4O2/c1-4-13-8-17-16(19-9-13)6-5-15(22(17)23)7-12(2)14-10-20-18(24-3)21-11-14/h5-6,8-12,23H,4,7H2,1-3H3/q+1. The fraction of sp³-hybridized carbons (Fsp3) is 0.333. The van der Waals surface area contributed by atoms with Crippen LogP contribution in [0.25, 0.3) is 11.0 Å². The van der Waals surface area contributed by atoms with Crippen LogP contribution in [0, 0.1) is 0 Å². The fourth-order valence-electron chi connectivity index (χ4n) is 2.67. The highest BCUT2D eigenvalue weighted by Gasteiger charge is 2.20. The molecule has 0 aliphatic carbocycles. The third kappa shape index (κ3) is 3.13. The van der Waals surface area contributed by atoms with Crippen molar-refractivity contribution in [1.29, 1.82) is 0 Å². The minimum atomic E-state index is 0.161. The van der Waals surface area contributed by atoms with Gasteiger partial charge in [0.05, 0.1) is 7.11 Å². The molecule has 1 N–H and O–H groups in total. The summed E-state index contributed by atoms with van der Waals surface area (Å²) >= 11 is 0. The molecule has 3 rings (SSSR count). The Labute approximate surface area is 140 Å². The van der Waals surface area contributed by atoms with E-state index in [4.69, 9.17) is 4.74 Å². The maximum absolute atomic E-state index is 10.6. The topological polar surface area (TPSA) is 72.0 Å². The summed E-state index contributed by atoms with van der Waals surface area (Å²) in [6, 6.07) is 6.18. The smallest absolute Gasteiger partial charge is 0.316 e. The normalized spacial score (nSPS) is 12.3. The van der Waals surface area contributed by atoms with Crippen LogP contribution in [0.2, 0.25) is 0 Å². The molecule has 0 saturated heterocycles. The molecular weight excluding hydrogens is 304 g/mol. The number of rotatable bonds is 5. The van der Waals surface area contributed by atoms with Gasteiger partial charge in [-0.1, -0.05) is 13.8 Å². The molecule has 0 aliphatic heterocycles. The molecule has 6 nitrogen and oxygen atoms in total. The highest BCUT2D eigenvalue weighted by atomic mass is 16.5. The van der Waals surface area contributed by atoms with Crippen LogP contribution in [0.4, 0.5) is 0 Å². The van der Waals surface area contributed by atoms with Crippen molar-refractivity contribution >= 4 is 11.0 Å². The van der Waals surface area contributed by atoms with Gasteiger partial charge in [0.2, 0.25) is 5.69 Å². The van der Waals surface area contributed by atoms with Gasteiger partial charge in [0.25, 0.3) is 5.52 Å². The molecule has 0 aromatic carbocycles. The van der Waals surface area contributed by atoms with Gasteiger partial charge >= 0.3 is 6.01 Å². The maximum Gasteiger partial charge on any atom is 0.316 e. The molecule has 0 aliphatic rings. The van der Waals surface area contributed by atoms with Crippen molar-refractivity contribution in [3.8, 4) is 6.01 Å². The van der Waals surface area contributed by atoms with Gasteiger partial charge in [-0.2, -0.15) is 0 Å². The van der Waals surface area contributed by atoms with Gasteiger partial charge in [0.15, 0.2) is 0 Å². The Hall–Kier alpha value is -2.76. The monoisotopic (exact) mass is 325 g/mol. The highest BCUT2D eigenvalue weighted by Crippen LogP contribution is 2.20. The molecule has 124 valence electrons. The fourth-order valence-corrected chi connectivity index (χ4v) is 2.67. The summed E-state index contributed by atoms with van der Waals surface area (Å²) in [5, 5.41) is 10.6. The number of hydrogen-bond acceptors (Lipinski definition) is 5. The van der Waals surface area contributed by atoms with E-state index in [1.165, 1.54) is 4.73 Å². The average molecular weight is 325 g/mol. The molecule has 3 heterocycles. The van der Waals surface area contributed by atoms with Gasteiger partial charge in [0, 0.05) is 41.9 Å². The molecule has 0 spiro atoms. The van der Waals surface area contributed by atoms with E-state index >= 15 is 0 Å². The number of hydrogen-bond donors (Lipinski definition) is 1. The number of nitrogens with zero attached hydrogens (tertiary/aromatic N) is 4. The zero-order chi connectivity index (χ0) is 17.1. The molecular formula is C18H21N4O2+. The van der Waals surface area contributed by atoms with Gasteiger partial charge in [-0.15, -0.1) is 0 Å². The maximum atomic E-state index is 10.6. The zero-order valence-electron chi connectivity index (χ0n) is 14.1. The molecule has 3 aromatic rings. The number of pyridine rings is 2. The van der Waals surface area contributed by atoms with E-state index in [0.717, 1.165) is 34.3 Å². The molecule has 6 heteroatoms. The minimum absolute atomic E-state index is 0.161. The number of aryl methyl sites for hydroxylation is 1. The first-order valence-electron chi connectivity index (χ1n) is 8.00. The summed E-state index contributed by atoms with van der Waals surface area (Å²) in [7, 11) is 1.54. The molecule has 0 saturated carbocycles. The average Bonchev–Trinajstić information content (AvgIpc) is 2.63. The summed E-state index contributed by atoms with van der Waals surface area (Å²) < 4.78 is 6.22. The minimum Gasteiger partial charge on any atom is -0.467 e. The van der Waals surface area contributed by atoms with Crippen LogP contribution in [0.5, 0.6) is 6.01 Å². The van der Waals surface area contributed by atoms with Crippen LogP contribution >= 0.6 is 0 Å². The molecule has 0 fully saturated rings. The first kappa shape index (κ1) is 16.1. The Morgan fingerprint density at radius 3 is 2.58 bits per heavy atom. The number of aromatic nitrogens is 4. The van der Waals surface area contributed by atoms with Gasteiger partial charge in [-0.3, -0.25) is 5.21 Å². The van der Waals surface area contributed by atoms with Crippen molar-refractivity contribution < 1.29 is 14.7 Å². The summed E-state index contributed by atoms with van der Waals surface area (Å²) in [5.41, 5.74) is 4.42. The predicted octanol–water partition coefficient (Wildman–Crippen LogP) is 2.47. The van der Waals surface area contributed by atoms with Crippen LogP contribution in [0.3, 0.4) is 0 Å². The largest absolute Gasteiger partial charge is 0.467 e. The third-order valence-electron chi connectivity index (χ3n) is 4.21. The van der Waals surface area contributed by atoms with E-state index in [-0.39, 0.29) is 5.92 Å². The molecule has 1 unspecified atom stereocenters. The summed E-state index contributed by atoms with van der Waals surface area (Å²) in [6.45, 7) is 4.15. The van der Waals surface area contributed by atoms with E-state index in [1.54, 1.807) is 19.5 Å². The lowest BCUT2D eigenvalue weighted by Crippen LogP contribution is -2.37. The van der Waals surface area contributed by atoms with Gasteiger partial charge in [-0.25, -0.2) is 15.0 Å². The Bertz CT molecular complexity index is 850. The second kappa shape index (κ2) is 6.78. The Morgan fingerprint density at radius 1 is 1.17 bits per heavy atom. The van der Waals surface area contributed by atoms with Crippen molar-refractivity contribution in [2.24, 2.45) is 0 Å². The van der Waals surface area contributed by atoms with Gasteiger partial charge < -0.3 is 4.74 Å². The zero-order valence-corrected chi connectivity index (χ0v) is 14.1. The van der Waals surface area contributed by atoms with Crippen molar-refractivity contribution in [3.05, 3.63) is 53.6 Å². The first-order valence-corrected chi connectivity index (χ1v) is 8.00. The van der Waals surface area contributed by atoms with E-state index in [0.29, 0.717) is 12.4 Å². The lowest BCUT2D eigenvalue weighted by Gasteiger charge is -2.09. The summed E-state index contributed by atoms with van der Waals surface area (Å²) in [5.74, 6) is 0.161. The van der Waals surface area contributed by atoms with Crippen LogP contribution < -0.4 is 9.47 Å². The van der Waals surface area contributed by atoms with Crippen LogP contribution in [0.15, 0.2) is 36.8 Å². The second-order valence-electron chi connectivity index (χ2n) is 5.85. The Balaban J connectivity index is 1.89. The quantitative estimate of drug-likeness (QED) is 0.576. The predicted molar refractivity (Wildman–Crippen MR) is 89.2 cm³/mol. The van der Waals surface area contributed by atoms with Crippen LogP contribution in [-0.2, 0) is 12.8 Å². The van der Waals surface area contributed by atoms with Crippen molar-refractivity contribution in [1.82, 2.24) is 15.0 Å². The third-order valence-corrected chi connectivity index (χ3v) is 4.21. The summed E-state index contributed by atoms with van der Waals surface area (Å²) in [6.07, 6.45) is 6.91. The molecule has 1 atom stereocenters. The van der Waals surface area contributed by atoms with E-state index in [9.17, 15) is 5.21 Å². The van der Waals surface area contributed by atoms with Crippen LogP contribution in [0.1, 0.15) is 36.6 Å². The van der Waals surface area contributed by atoms with E-state index < -0.39 is 0 Å². The van der Waals surface area contributed by atoms with E-state index in [1.807, 2.05) is 24.4 Å². The highest BCUT2D eigenvalue weighted by molar-refractivity contribution is 5.71. The SMILES string of the molecule is CCc1cnc2ccc(CC(C)c3cnc(OC)nc3)[n+](O)c2c1. The summed E-state index contributed by atoms with van der Waals surface area (Å²) in [4.78, 5) is 12.7. The molecule has 24 heavy (non-hydrogen) atoms. The number of fused-ring (bicyclic) bond motifs is 1. The molecule has 0 amide bonds. The second-order valence-corrected chi connectivity index (χ2v) is 5.85. The lowest BCUT2D eigenvalue weighted by molar-refractivity contribution is -0.889. The van der Waals surface area contributed by atoms with Gasteiger partial charge in [0.1, 0.15) is 5.52 Å².